The zero-order chi connectivity index (χ0) is 18.1. The molecule has 2 heteroatoms. The van der Waals surface area contributed by atoms with E-state index in [1.807, 2.05) is 0 Å². The summed E-state index contributed by atoms with van der Waals surface area (Å²) < 4.78 is 2.50. The van der Waals surface area contributed by atoms with Crippen LogP contribution in [0.15, 0.2) is 24.4 Å². The summed E-state index contributed by atoms with van der Waals surface area (Å²) in [5.74, 6) is 0. The van der Waals surface area contributed by atoms with Gasteiger partial charge in [0, 0.05) is 18.6 Å². The maximum Gasteiger partial charge on any atom is 0.240 e. The summed E-state index contributed by atoms with van der Waals surface area (Å²) >= 11 is 0. The van der Waals surface area contributed by atoms with Crippen LogP contribution < -0.4 is 15.0 Å². The van der Waals surface area contributed by atoms with E-state index in [1.54, 1.807) is 0 Å². The minimum atomic E-state index is -0.00981. The predicted molar refractivity (Wildman–Crippen MR) is 106 cm³/mol. The molecule has 4 rings (SSSR count). The molecule has 3 aromatic rings. The Hall–Kier alpha value is -2.22. The van der Waals surface area contributed by atoms with Crippen molar-refractivity contribution in [2.45, 2.75) is 58.4 Å². The highest BCUT2D eigenvalue weighted by atomic mass is 15.1. The zero-order valence-electron chi connectivity index (χ0n) is 16.0. The van der Waals surface area contributed by atoms with Crippen LogP contribution >= 0.6 is 0 Å². The van der Waals surface area contributed by atoms with Gasteiger partial charge in [0.1, 0.15) is 11.2 Å². The monoisotopic (exact) mass is 331 g/mol. The van der Waals surface area contributed by atoms with Gasteiger partial charge in [-0.25, -0.2) is 4.98 Å². The van der Waals surface area contributed by atoms with Gasteiger partial charge in [0.2, 0.25) is 5.52 Å². The van der Waals surface area contributed by atoms with Gasteiger partial charge < -0.3 is 0 Å². The lowest BCUT2D eigenvalue weighted by atomic mass is 9.61. The van der Waals surface area contributed by atoms with Crippen molar-refractivity contribution in [3.05, 3.63) is 46.1 Å². The molecule has 2 atom stereocenters. The molecule has 1 aromatic heterocycles. The van der Waals surface area contributed by atoms with Crippen LogP contribution in [0.3, 0.4) is 0 Å². The van der Waals surface area contributed by atoms with Crippen molar-refractivity contribution in [2.24, 2.45) is 0 Å². The number of hydrogen-bond donors (Lipinski definition) is 0. The summed E-state index contributed by atoms with van der Waals surface area (Å²) in [5, 5.41) is 4.49. The van der Waals surface area contributed by atoms with E-state index in [4.69, 9.17) is 4.98 Å². The molecule has 128 valence electrons. The van der Waals surface area contributed by atoms with Crippen molar-refractivity contribution < 1.29 is 4.57 Å². The molecular weight excluding hydrogens is 304 g/mol. The Bertz CT molecular complexity index is 1140. The van der Waals surface area contributed by atoms with Crippen LogP contribution in [0.5, 0.6) is 0 Å². The summed E-state index contributed by atoms with van der Waals surface area (Å²) in [7, 11) is 0. The molecule has 2 nitrogen and oxygen atoms in total. The van der Waals surface area contributed by atoms with Crippen LogP contribution in [0.1, 0.15) is 51.8 Å². The van der Waals surface area contributed by atoms with Gasteiger partial charge in [0.05, 0.1) is 10.8 Å². The minimum Gasteiger partial charge on any atom is -0.240 e. The summed E-state index contributed by atoms with van der Waals surface area (Å²) in [6.07, 6.45) is 4.39. The smallest absolute Gasteiger partial charge is 0.240 e. The maximum absolute atomic E-state index is 4.87. The first kappa shape index (κ1) is 16.3. The van der Waals surface area contributed by atoms with Gasteiger partial charge in [-0.1, -0.05) is 45.2 Å². The van der Waals surface area contributed by atoms with E-state index < -0.39 is 0 Å². The third-order valence-corrected chi connectivity index (χ3v) is 7.06. The Labute approximate surface area is 149 Å². The fraction of sp³-hybridized carbons (Fsp3) is 0.391. The second-order valence-corrected chi connectivity index (χ2v) is 7.95. The molecule has 0 N–H and O–H groups in total. The average Bonchev–Trinajstić information content (AvgIpc) is 2.62. The summed E-state index contributed by atoms with van der Waals surface area (Å²) in [6, 6.07) is 6.67. The maximum atomic E-state index is 4.87. The topological polar surface area (TPSA) is 16.8 Å². The predicted octanol–water partition coefficient (Wildman–Crippen LogP) is 3.61. The fourth-order valence-corrected chi connectivity index (χ4v) is 4.97. The van der Waals surface area contributed by atoms with Crippen LogP contribution in [0.2, 0.25) is 0 Å². The molecule has 25 heavy (non-hydrogen) atoms. The van der Waals surface area contributed by atoms with Crippen molar-refractivity contribution in [3.8, 4) is 0 Å². The molecule has 0 spiro atoms. The van der Waals surface area contributed by atoms with Gasteiger partial charge in [-0.2, -0.15) is 4.57 Å². The Morgan fingerprint density at radius 3 is 2.44 bits per heavy atom. The molecular formula is C23H27N2+. The number of aryl methyl sites for hydroxylation is 1. The van der Waals surface area contributed by atoms with Crippen molar-refractivity contribution in [3.63, 3.8) is 0 Å². The van der Waals surface area contributed by atoms with E-state index in [9.17, 15) is 0 Å². The van der Waals surface area contributed by atoms with Crippen molar-refractivity contribution in [1.29, 1.82) is 0 Å². The fourth-order valence-electron chi connectivity index (χ4n) is 4.97. The molecule has 0 radical (unpaired) electrons. The molecule has 2 unspecified atom stereocenters. The Balaban J connectivity index is 2.46. The molecule has 0 aliphatic carbocycles. The van der Waals surface area contributed by atoms with Gasteiger partial charge in [-0.15, -0.1) is 0 Å². The summed E-state index contributed by atoms with van der Waals surface area (Å²) in [5.41, 5.74) is 4.73. The van der Waals surface area contributed by atoms with E-state index in [-0.39, 0.29) is 11.0 Å². The molecule has 2 aromatic carbocycles. The van der Waals surface area contributed by atoms with Crippen molar-refractivity contribution >= 4 is 35.0 Å². The lowest BCUT2D eigenvalue weighted by Gasteiger charge is -2.45. The van der Waals surface area contributed by atoms with Gasteiger partial charge in [0.25, 0.3) is 0 Å². The quantitative estimate of drug-likeness (QED) is 0.518. The van der Waals surface area contributed by atoms with Crippen LogP contribution in [0.4, 0.5) is 0 Å². The highest BCUT2D eigenvalue weighted by molar-refractivity contribution is 6.05. The van der Waals surface area contributed by atoms with Crippen LogP contribution in [-0.4, -0.2) is 4.98 Å². The van der Waals surface area contributed by atoms with E-state index in [0.29, 0.717) is 0 Å². The number of aromatic nitrogens is 2. The lowest BCUT2D eigenvalue weighted by Crippen LogP contribution is -2.67. The molecule has 0 bridgehead atoms. The largest absolute Gasteiger partial charge is 0.240 e. The first-order chi connectivity index (χ1) is 11.8. The van der Waals surface area contributed by atoms with Crippen LogP contribution in [0.25, 0.3) is 35.0 Å². The second kappa shape index (κ2) is 4.91. The van der Waals surface area contributed by atoms with E-state index in [0.717, 1.165) is 34.5 Å². The first-order valence-electron chi connectivity index (χ1n) is 9.26. The minimum absolute atomic E-state index is 0.00981. The molecule has 0 fully saturated rings. The molecule has 1 aliphatic rings. The second-order valence-electron chi connectivity index (χ2n) is 7.95. The lowest BCUT2D eigenvalue weighted by molar-refractivity contribution is -0.751. The molecule has 0 amide bonds. The van der Waals surface area contributed by atoms with E-state index >= 15 is 0 Å². The van der Waals surface area contributed by atoms with Gasteiger partial charge >= 0.3 is 0 Å². The molecule has 1 aliphatic heterocycles. The number of benzene rings is 2. The molecule has 0 saturated heterocycles. The average molecular weight is 331 g/mol. The third-order valence-electron chi connectivity index (χ3n) is 7.06. The van der Waals surface area contributed by atoms with Gasteiger partial charge in [-0.05, 0) is 36.4 Å². The number of nitrogens with zero attached hydrogens (tertiary/aromatic N) is 2. The standard InChI is InChI=1S/C23H27N2/c1-8-22(6)18-12-10-11-17-15(4)16(5)20-21(19(17)18)25(13-14(3)24-20)23(22,7)9-2/h10-13H,4-5,8-9H2,1-3,6-7H3/q+1. The zero-order valence-corrected chi connectivity index (χ0v) is 16.0. The van der Waals surface area contributed by atoms with Crippen molar-refractivity contribution in [2.75, 3.05) is 0 Å². The number of hydrogen-bond acceptors (Lipinski definition) is 1. The van der Waals surface area contributed by atoms with Gasteiger partial charge in [-0.3, -0.25) is 0 Å². The Morgan fingerprint density at radius 1 is 1.08 bits per heavy atom. The highest BCUT2D eigenvalue weighted by Crippen LogP contribution is 2.48. The van der Waals surface area contributed by atoms with Gasteiger partial charge in [0.15, 0.2) is 11.7 Å². The van der Waals surface area contributed by atoms with Crippen LogP contribution in [-0.2, 0) is 11.0 Å². The van der Waals surface area contributed by atoms with E-state index in [1.165, 1.54) is 21.9 Å². The molecule has 0 saturated carbocycles. The van der Waals surface area contributed by atoms with Crippen LogP contribution in [0, 0.1) is 6.92 Å². The summed E-state index contributed by atoms with van der Waals surface area (Å²) in [4.78, 5) is 4.87. The van der Waals surface area contributed by atoms with E-state index in [2.05, 4.69) is 76.7 Å². The third kappa shape index (κ3) is 1.70. The molecule has 2 heterocycles. The summed E-state index contributed by atoms with van der Waals surface area (Å²) in [6.45, 7) is 20.2. The highest BCUT2D eigenvalue weighted by Gasteiger charge is 2.55. The first-order valence-corrected chi connectivity index (χ1v) is 9.26. The SMILES string of the molecule is C=c1c(=C)c2nc(C)c[n+]3c2c2c(cccc12)C(C)(CC)C3(C)CC. The van der Waals surface area contributed by atoms with Crippen molar-refractivity contribution in [1.82, 2.24) is 4.98 Å². The normalized spacial score (nSPS) is 25.2. The number of rotatable bonds is 2. The Morgan fingerprint density at radius 2 is 1.80 bits per heavy atom. The Kier molecular flexibility index (Phi) is 3.19.